The maximum Gasteiger partial charge on any atom is 0.343 e. The highest BCUT2D eigenvalue weighted by molar-refractivity contribution is 7.10. The first-order valence-electron chi connectivity index (χ1n) is 8.51. The predicted molar refractivity (Wildman–Crippen MR) is 108 cm³/mol. The second-order valence-electron chi connectivity index (χ2n) is 5.76. The minimum Gasteiger partial charge on any atom is -0.455 e. The quantitative estimate of drug-likeness (QED) is 0.584. The number of aryl methyl sites for hydroxylation is 1. The van der Waals surface area contributed by atoms with E-state index in [4.69, 9.17) is 9.47 Å². The van der Waals surface area contributed by atoms with Gasteiger partial charge < -0.3 is 20.1 Å². The molecule has 28 heavy (non-hydrogen) atoms. The van der Waals surface area contributed by atoms with Crippen molar-refractivity contribution in [1.82, 2.24) is 4.37 Å². The number of aromatic nitrogens is 1. The first-order valence-corrected chi connectivity index (χ1v) is 9.28. The molecule has 0 bridgehead atoms. The van der Waals surface area contributed by atoms with Gasteiger partial charge in [0, 0.05) is 7.05 Å². The number of benzene rings is 2. The Morgan fingerprint density at radius 1 is 1.07 bits per heavy atom. The van der Waals surface area contributed by atoms with E-state index in [1.165, 1.54) is 11.5 Å². The van der Waals surface area contributed by atoms with Gasteiger partial charge in [0.15, 0.2) is 12.4 Å². The zero-order chi connectivity index (χ0) is 19.9. The molecule has 0 spiro atoms. The highest BCUT2D eigenvalue weighted by Crippen LogP contribution is 2.29. The molecule has 1 aromatic heterocycles. The minimum atomic E-state index is -0.598. The van der Waals surface area contributed by atoms with Gasteiger partial charge >= 0.3 is 5.97 Å². The van der Waals surface area contributed by atoms with Crippen molar-refractivity contribution in [3.63, 3.8) is 0 Å². The molecular weight excluding hydrogens is 378 g/mol. The van der Waals surface area contributed by atoms with E-state index in [9.17, 15) is 9.59 Å². The summed E-state index contributed by atoms with van der Waals surface area (Å²) in [5, 5.41) is 6.20. The first kappa shape index (κ1) is 19.4. The number of esters is 1. The van der Waals surface area contributed by atoms with Crippen LogP contribution in [0.5, 0.6) is 11.5 Å². The van der Waals surface area contributed by atoms with Crippen molar-refractivity contribution in [2.45, 2.75) is 6.92 Å². The Morgan fingerprint density at radius 3 is 2.54 bits per heavy atom. The van der Waals surface area contributed by atoms with Crippen molar-refractivity contribution in [2.24, 2.45) is 0 Å². The van der Waals surface area contributed by atoms with E-state index in [-0.39, 0.29) is 0 Å². The fourth-order valence-corrected chi connectivity index (χ4v) is 3.18. The highest BCUT2D eigenvalue weighted by atomic mass is 32.1. The number of hydrogen-bond acceptors (Lipinski definition) is 7. The molecule has 7 nitrogen and oxygen atoms in total. The third-order valence-electron chi connectivity index (χ3n) is 3.76. The summed E-state index contributed by atoms with van der Waals surface area (Å²) in [7, 11) is 1.69. The average molecular weight is 397 g/mol. The molecule has 0 saturated carbocycles. The zero-order valence-corrected chi connectivity index (χ0v) is 16.2. The molecule has 0 atom stereocenters. The number of nitrogens with one attached hydrogen (secondary N) is 2. The lowest BCUT2D eigenvalue weighted by Gasteiger charge is -2.12. The van der Waals surface area contributed by atoms with Crippen LogP contribution < -0.4 is 15.4 Å². The van der Waals surface area contributed by atoms with Crippen LogP contribution in [0.4, 0.5) is 10.7 Å². The van der Waals surface area contributed by atoms with E-state index in [2.05, 4.69) is 15.0 Å². The molecule has 0 aliphatic rings. The van der Waals surface area contributed by atoms with Gasteiger partial charge in [-0.05, 0) is 42.7 Å². The number of amides is 1. The Morgan fingerprint density at radius 2 is 1.79 bits per heavy atom. The molecule has 3 aromatic rings. The van der Waals surface area contributed by atoms with Crippen molar-refractivity contribution >= 4 is 34.1 Å². The minimum absolute atomic E-state index is 0.341. The summed E-state index contributed by atoms with van der Waals surface area (Å²) in [6, 6.07) is 16.3. The van der Waals surface area contributed by atoms with E-state index < -0.39 is 18.5 Å². The number of hydrogen-bond donors (Lipinski definition) is 2. The number of rotatable bonds is 7. The van der Waals surface area contributed by atoms with Crippen LogP contribution in [0.3, 0.4) is 0 Å². The van der Waals surface area contributed by atoms with Gasteiger partial charge in [0.25, 0.3) is 5.91 Å². The Kier molecular flexibility index (Phi) is 6.23. The molecule has 8 heteroatoms. The van der Waals surface area contributed by atoms with E-state index in [1.807, 2.05) is 30.3 Å². The normalized spacial score (nSPS) is 10.2. The molecule has 2 N–H and O–H groups in total. The number of carbonyl (C=O) groups is 2. The Balaban J connectivity index is 1.62. The lowest BCUT2D eigenvalue weighted by Crippen LogP contribution is -2.21. The molecule has 0 aliphatic heterocycles. The molecule has 2 aromatic carbocycles. The lowest BCUT2D eigenvalue weighted by molar-refractivity contribution is -0.119. The van der Waals surface area contributed by atoms with Crippen LogP contribution in [0, 0.1) is 6.92 Å². The van der Waals surface area contributed by atoms with E-state index >= 15 is 0 Å². The summed E-state index contributed by atoms with van der Waals surface area (Å²) < 4.78 is 15.1. The first-order chi connectivity index (χ1) is 13.6. The number of carbonyl (C=O) groups excluding carboxylic acids is 2. The lowest BCUT2D eigenvalue weighted by atomic mass is 10.2. The number of nitrogens with zero attached hydrogens (tertiary/aromatic N) is 1. The average Bonchev–Trinajstić information content (AvgIpc) is 3.09. The number of para-hydroxylation sites is 3. The summed E-state index contributed by atoms with van der Waals surface area (Å²) >= 11 is 1.17. The van der Waals surface area contributed by atoms with Crippen LogP contribution in [0.2, 0.25) is 0 Å². The van der Waals surface area contributed by atoms with Crippen molar-refractivity contribution in [1.29, 1.82) is 0 Å². The number of anilines is 2. The fraction of sp³-hybridized carbons (Fsp3) is 0.150. The third kappa shape index (κ3) is 4.66. The second-order valence-corrected chi connectivity index (χ2v) is 6.53. The summed E-state index contributed by atoms with van der Waals surface area (Å²) in [6.07, 6.45) is 0. The maximum atomic E-state index is 12.3. The Bertz CT molecular complexity index is 973. The summed E-state index contributed by atoms with van der Waals surface area (Å²) in [5.41, 5.74) is 1.38. The molecule has 0 saturated heterocycles. The smallest absolute Gasteiger partial charge is 0.343 e. The Hall–Kier alpha value is -3.39. The summed E-state index contributed by atoms with van der Waals surface area (Å²) in [4.78, 5) is 24.5. The SMILES string of the molecule is CNc1snc(C)c1C(=O)OCC(=O)Nc1ccccc1Oc1ccccc1. The van der Waals surface area contributed by atoms with Gasteiger partial charge in [-0.2, -0.15) is 4.37 Å². The van der Waals surface area contributed by atoms with Crippen LogP contribution in [-0.2, 0) is 9.53 Å². The van der Waals surface area contributed by atoms with Crippen molar-refractivity contribution in [3.8, 4) is 11.5 Å². The molecule has 144 valence electrons. The van der Waals surface area contributed by atoms with Gasteiger partial charge in [0.2, 0.25) is 0 Å². The van der Waals surface area contributed by atoms with E-state index in [0.717, 1.165) is 0 Å². The van der Waals surface area contributed by atoms with Gasteiger partial charge in [-0.25, -0.2) is 4.79 Å². The standard InChI is InChI=1S/C20H19N3O4S/c1-13-18(19(21-2)28-23-13)20(25)26-12-17(24)22-15-10-6-7-11-16(15)27-14-8-4-3-5-9-14/h3-11,21H,12H2,1-2H3,(H,22,24). The second kappa shape index (κ2) is 9.01. The van der Waals surface area contributed by atoms with E-state index in [0.29, 0.717) is 33.4 Å². The van der Waals surface area contributed by atoms with Gasteiger partial charge in [0.1, 0.15) is 16.3 Å². The van der Waals surface area contributed by atoms with Crippen LogP contribution in [0.1, 0.15) is 16.1 Å². The summed E-state index contributed by atoms with van der Waals surface area (Å²) in [6.45, 7) is 1.29. The monoisotopic (exact) mass is 397 g/mol. The van der Waals surface area contributed by atoms with Crippen LogP contribution in [0.15, 0.2) is 54.6 Å². The molecular formula is C20H19N3O4S. The topological polar surface area (TPSA) is 89.5 Å². The van der Waals surface area contributed by atoms with Gasteiger partial charge in [-0.15, -0.1) is 0 Å². The van der Waals surface area contributed by atoms with E-state index in [1.54, 1.807) is 38.2 Å². The zero-order valence-electron chi connectivity index (χ0n) is 15.4. The highest BCUT2D eigenvalue weighted by Gasteiger charge is 2.20. The van der Waals surface area contributed by atoms with Crippen LogP contribution in [-0.4, -0.2) is 29.9 Å². The maximum absolute atomic E-state index is 12.3. The van der Waals surface area contributed by atoms with Crippen molar-refractivity contribution in [2.75, 3.05) is 24.3 Å². The van der Waals surface area contributed by atoms with Crippen molar-refractivity contribution in [3.05, 3.63) is 65.9 Å². The molecule has 3 rings (SSSR count). The fourth-order valence-electron chi connectivity index (χ4n) is 2.44. The van der Waals surface area contributed by atoms with Gasteiger partial charge in [0.05, 0.1) is 11.4 Å². The number of ether oxygens (including phenoxy) is 2. The van der Waals surface area contributed by atoms with Crippen LogP contribution in [0.25, 0.3) is 0 Å². The molecule has 1 heterocycles. The molecule has 0 unspecified atom stereocenters. The van der Waals surface area contributed by atoms with Gasteiger partial charge in [-0.1, -0.05) is 30.3 Å². The molecule has 0 aliphatic carbocycles. The predicted octanol–water partition coefficient (Wildman–Crippen LogP) is 4.08. The molecule has 0 radical (unpaired) electrons. The molecule has 1 amide bonds. The Labute approximate surface area is 166 Å². The van der Waals surface area contributed by atoms with Crippen molar-refractivity contribution < 1.29 is 19.1 Å². The third-order valence-corrected chi connectivity index (χ3v) is 4.72. The summed E-state index contributed by atoms with van der Waals surface area (Å²) in [5.74, 6) is 0.0725. The van der Waals surface area contributed by atoms with Gasteiger partial charge in [-0.3, -0.25) is 4.79 Å². The molecule has 0 fully saturated rings. The van der Waals surface area contributed by atoms with Crippen LogP contribution >= 0.6 is 11.5 Å². The largest absolute Gasteiger partial charge is 0.455 e.